The molecule has 0 radical (unpaired) electrons. The highest BCUT2D eigenvalue weighted by atomic mass is 16.5. The lowest BCUT2D eigenvalue weighted by Crippen LogP contribution is -2.31. The van der Waals surface area contributed by atoms with Crippen molar-refractivity contribution in [1.82, 2.24) is 0 Å². The number of methoxy groups -OCH3 is 1. The number of nitrogens with one attached hydrogen (secondary N) is 1. The van der Waals surface area contributed by atoms with E-state index in [0.717, 1.165) is 11.3 Å². The topological polar surface area (TPSA) is 58.6 Å². The first-order valence-electron chi connectivity index (χ1n) is 9.72. The van der Waals surface area contributed by atoms with Gasteiger partial charge >= 0.3 is 0 Å². The molecule has 1 N–H and O–H groups in total. The highest BCUT2D eigenvalue weighted by Gasteiger charge is 2.19. The van der Waals surface area contributed by atoms with E-state index < -0.39 is 0 Å². The normalized spacial score (nSPS) is 10.6. The number of anilines is 2. The third-order valence-electron chi connectivity index (χ3n) is 4.60. The van der Waals surface area contributed by atoms with E-state index in [-0.39, 0.29) is 11.8 Å². The Hall–Kier alpha value is -3.86. The first-order chi connectivity index (χ1) is 14.6. The minimum Gasteiger partial charge on any atom is -0.496 e. The maximum atomic E-state index is 13.2. The van der Waals surface area contributed by atoms with E-state index in [9.17, 15) is 9.59 Å². The fraction of sp³-hybridized carbons (Fsp3) is 0.120. The zero-order valence-corrected chi connectivity index (χ0v) is 17.0. The van der Waals surface area contributed by atoms with E-state index in [1.165, 1.54) is 6.08 Å². The Morgan fingerprint density at radius 2 is 1.60 bits per heavy atom. The minimum atomic E-state index is -0.330. The van der Waals surface area contributed by atoms with Gasteiger partial charge in [0.05, 0.1) is 18.4 Å². The number of para-hydroxylation sites is 3. The smallest absolute Gasteiger partial charge is 0.260 e. The van der Waals surface area contributed by atoms with Crippen molar-refractivity contribution in [2.45, 2.75) is 6.92 Å². The van der Waals surface area contributed by atoms with E-state index in [1.807, 2.05) is 61.5 Å². The molecule has 0 spiro atoms. The summed E-state index contributed by atoms with van der Waals surface area (Å²) in [6.07, 6.45) is 3.11. The van der Waals surface area contributed by atoms with Crippen LogP contribution in [0.25, 0.3) is 6.08 Å². The molecule has 152 valence electrons. The van der Waals surface area contributed by atoms with Gasteiger partial charge in [-0.05, 0) is 43.3 Å². The lowest BCUT2D eigenvalue weighted by atomic mass is 10.1. The van der Waals surface area contributed by atoms with Gasteiger partial charge in [0.25, 0.3) is 5.91 Å². The van der Waals surface area contributed by atoms with Gasteiger partial charge in [-0.15, -0.1) is 0 Å². The van der Waals surface area contributed by atoms with E-state index in [4.69, 9.17) is 4.74 Å². The monoisotopic (exact) mass is 400 g/mol. The highest BCUT2D eigenvalue weighted by molar-refractivity contribution is 6.12. The van der Waals surface area contributed by atoms with Gasteiger partial charge < -0.3 is 15.0 Å². The molecule has 3 aromatic carbocycles. The Morgan fingerprint density at radius 3 is 2.33 bits per heavy atom. The van der Waals surface area contributed by atoms with Gasteiger partial charge in [-0.2, -0.15) is 0 Å². The van der Waals surface area contributed by atoms with Crippen molar-refractivity contribution in [3.8, 4) is 5.75 Å². The number of ether oxygens (including phenoxy) is 1. The second kappa shape index (κ2) is 10.1. The molecule has 0 unspecified atom stereocenters. The summed E-state index contributed by atoms with van der Waals surface area (Å²) in [5.41, 5.74) is 2.50. The average Bonchev–Trinajstić information content (AvgIpc) is 2.79. The van der Waals surface area contributed by atoms with Crippen LogP contribution in [0.5, 0.6) is 5.75 Å². The lowest BCUT2D eigenvalue weighted by Gasteiger charge is -2.22. The molecule has 0 atom stereocenters. The van der Waals surface area contributed by atoms with E-state index in [1.54, 1.807) is 42.4 Å². The predicted molar refractivity (Wildman–Crippen MR) is 121 cm³/mol. The van der Waals surface area contributed by atoms with Gasteiger partial charge in [0.2, 0.25) is 5.91 Å². The van der Waals surface area contributed by atoms with Gasteiger partial charge in [0, 0.05) is 23.9 Å². The summed E-state index contributed by atoms with van der Waals surface area (Å²) in [5.74, 6) is 0.177. The molecule has 0 aliphatic rings. The molecule has 0 aliphatic heterocycles. The summed E-state index contributed by atoms with van der Waals surface area (Å²) in [6.45, 7) is 2.43. The maximum absolute atomic E-state index is 13.2. The summed E-state index contributed by atoms with van der Waals surface area (Å²) >= 11 is 0. The molecule has 0 heterocycles. The Kier molecular flexibility index (Phi) is 7.00. The number of benzene rings is 3. The SMILES string of the molecule is CCN(C(=O)c1ccccc1NC(=O)/C=C/c1ccccc1OC)c1ccccc1. The number of nitrogens with zero attached hydrogens (tertiary/aromatic N) is 1. The number of hydrogen-bond acceptors (Lipinski definition) is 3. The molecule has 3 aromatic rings. The van der Waals surface area contributed by atoms with Crippen molar-refractivity contribution in [1.29, 1.82) is 0 Å². The van der Waals surface area contributed by atoms with Crippen molar-refractivity contribution in [2.75, 3.05) is 23.9 Å². The van der Waals surface area contributed by atoms with Gasteiger partial charge in [-0.3, -0.25) is 9.59 Å². The fourth-order valence-corrected chi connectivity index (χ4v) is 3.12. The van der Waals surface area contributed by atoms with Crippen LogP contribution in [0.15, 0.2) is 84.9 Å². The maximum Gasteiger partial charge on any atom is 0.260 e. The number of carbonyl (C=O) groups excluding carboxylic acids is 2. The van der Waals surface area contributed by atoms with Crippen LogP contribution in [0.1, 0.15) is 22.8 Å². The Balaban J connectivity index is 1.80. The van der Waals surface area contributed by atoms with Gasteiger partial charge in [0.1, 0.15) is 5.75 Å². The molecule has 0 aromatic heterocycles. The lowest BCUT2D eigenvalue weighted by molar-refractivity contribution is -0.111. The Morgan fingerprint density at radius 1 is 0.933 bits per heavy atom. The molecule has 0 saturated heterocycles. The molecule has 3 rings (SSSR count). The predicted octanol–water partition coefficient (Wildman–Crippen LogP) is 5.01. The van der Waals surface area contributed by atoms with Crippen LogP contribution in [-0.2, 0) is 4.79 Å². The molecule has 30 heavy (non-hydrogen) atoms. The van der Waals surface area contributed by atoms with Crippen LogP contribution in [0.2, 0.25) is 0 Å². The largest absolute Gasteiger partial charge is 0.496 e. The first-order valence-corrected chi connectivity index (χ1v) is 9.72. The number of hydrogen-bond donors (Lipinski definition) is 1. The highest BCUT2D eigenvalue weighted by Crippen LogP contribution is 2.22. The third-order valence-corrected chi connectivity index (χ3v) is 4.60. The molecule has 0 aliphatic carbocycles. The zero-order valence-electron chi connectivity index (χ0n) is 17.0. The van der Waals surface area contributed by atoms with Crippen LogP contribution in [-0.4, -0.2) is 25.5 Å². The minimum absolute atomic E-state index is 0.173. The molecular weight excluding hydrogens is 376 g/mol. The molecule has 5 nitrogen and oxygen atoms in total. The average molecular weight is 400 g/mol. The second-order valence-corrected chi connectivity index (χ2v) is 6.50. The van der Waals surface area contributed by atoms with Crippen LogP contribution in [0.3, 0.4) is 0 Å². The van der Waals surface area contributed by atoms with Crippen LogP contribution in [0.4, 0.5) is 11.4 Å². The van der Waals surface area contributed by atoms with Crippen molar-refractivity contribution >= 4 is 29.3 Å². The number of rotatable bonds is 7. The van der Waals surface area contributed by atoms with Crippen molar-refractivity contribution in [3.63, 3.8) is 0 Å². The molecular formula is C25H24N2O3. The van der Waals surface area contributed by atoms with Crippen molar-refractivity contribution < 1.29 is 14.3 Å². The first kappa shape index (κ1) is 20.9. The third kappa shape index (κ3) is 4.94. The summed E-state index contributed by atoms with van der Waals surface area (Å²) in [5, 5.41) is 2.82. The molecule has 5 heteroatoms. The molecule has 0 saturated carbocycles. The molecule has 0 fully saturated rings. The van der Waals surface area contributed by atoms with Gasteiger partial charge in [0.15, 0.2) is 0 Å². The Bertz CT molecular complexity index is 1050. The summed E-state index contributed by atoms with van der Waals surface area (Å²) in [6, 6.07) is 23.9. The van der Waals surface area contributed by atoms with Crippen molar-refractivity contribution in [2.24, 2.45) is 0 Å². The zero-order chi connectivity index (χ0) is 21.3. The van der Waals surface area contributed by atoms with Gasteiger partial charge in [-0.25, -0.2) is 0 Å². The van der Waals surface area contributed by atoms with Crippen LogP contribution >= 0.6 is 0 Å². The summed E-state index contributed by atoms with van der Waals surface area (Å²) in [4.78, 5) is 27.4. The molecule has 0 bridgehead atoms. The quantitative estimate of drug-likeness (QED) is 0.567. The number of amides is 2. The standard InChI is InChI=1S/C25H24N2O3/c1-3-27(20-12-5-4-6-13-20)25(29)21-14-8-9-15-22(21)26-24(28)18-17-19-11-7-10-16-23(19)30-2/h4-18H,3H2,1-2H3,(H,26,28)/b18-17+. The van der Waals surface area contributed by atoms with Crippen LogP contribution < -0.4 is 15.0 Å². The van der Waals surface area contributed by atoms with Gasteiger partial charge in [-0.1, -0.05) is 48.5 Å². The van der Waals surface area contributed by atoms with E-state index >= 15 is 0 Å². The Labute approximate surface area is 176 Å². The van der Waals surface area contributed by atoms with Crippen molar-refractivity contribution in [3.05, 3.63) is 96.1 Å². The van der Waals surface area contributed by atoms with E-state index in [2.05, 4.69) is 5.32 Å². The summed E-state index contributed by atoms with van der Waals surface area (Å²) in [7, 11) is 1.58. The fourth-order valence-electron chi connectivity index (χ4n) is 3.12. The second-order valence-electron chi connectivity index (χ2n) is 6.50. The molecule has 2 amide bonds. The summed E-state index contributed by atoms with van der Waals surface area (Å²) < 4.78 is 5.29. The number of carbonyl (C=O) groups is 2. The van der Waals surface area contributed by atoms with Crippen LogP contribution in [0, 0.1) is 0 Å². The van der Waals surface area contributed by atoms with E-state index in [0.29, 0.717) is 23.5 Å².